The SMILES string of the molecule is CC(=O)N1c2cc(C)ccc2C(CO)CC1(C)C. The number of aryl methyl sites for hydroxylation is 1. The highest BCUT2D eigenvalue weighted by molar-refractivity contribution is 5.94. The van der Waals surface area contributed by atoms with Gasteiger partial charge in [0.2, 0.25) is 5.91 Å². The maximum absolute atomic E-state index is 11.9. The highest BCUT2D eigenvalue weighted by Gasteiger charge is 2.39. The van der Waals surface area contributed by atoms with Crippen molar-refractivity contribution in [3.63, 3.8) is 0 Å². The van der Waals surface area contributed by atoms with Crippen LogP contribution in [0.1, 0.15) is 44.2 Å². The van der Waals surface area contributed by atoms with E-state index in [4.69, 9.17) is 0 Å². The van der Waals surface area contributed by atoms with Gasteiger partial charge < -0.3 is 10.0 Å². The lowest BCUT2D eigenvalue weighted by atomic mass is 9.79. The van der Waals surface area contributed by atoms with E-state index in [0.717, 1.165) is 23.2 Å². The Labute approximate surface area is 108 Å². The fourth-order valence-electron chi connectivity index (χ4n) is 3.08. The topological polar surface area (TPSA) is 40.5 Å². The van der Waals surface area contributed by atoms with Crippen LogP contribution in [0.3, 0.4) is 0 Å². The Morgan fingerprint density at radius 2 is 2.17 bits per heavy atom. The van der Waals surface area contributed by atoms with Crippen molar-refractivity contribution in [1.29, 1.82) is 0 Å². The van der Waals surface area contributed by atoms with Crippen molar-refractivity contribution in [2.24, 2.45) is 0 Å². The van der Waals surface area contributed by atoms with E-state index in [1.165, 1.54) is 0 Å². The first-order chi connectivity index (χ1) is 8.36. The number of carbonyl (C=O) groups excluding carboxylic acids is 1. The zero-order chi connectivity index (χ0) is 13.5. The molecule has 0 fully saturated rings. The van der Waals surface area contributed by atoms with E-state index in [1.807, 2.05) is 30.0 Å². The number of benzene rings is 1. The molecule has 2 rings (SSSR count). The number of carbonyl (C=O) groups is 1. The largest absolute Gasteiger partial charge is 0.396 e. The molecule has 3 nitrogen and oxygen atoms in total. The van der Waals surface area contributed by atoms with Crippen LogP contribution in [0, 0.1) is 6.92 Å². The third-order valence-electron chi connectivity index (χ3n) is 3.75. The quantitative estimate of drug-likeness (QED) is 0.828. The lowest BCUT2D eigenvalue weighted by Gasteiger charge is -2.46. The van der Waals surface area contributed by atoms with E-state index >= 15 is 0 Å². The summed E-state index contributed by atoms with van der Waals surface area (Å²) in [5.74, 6) is 0.175. The minimum absolute atomic E-state index is 0.0586. The average Bonchev–Trinajstić information content (AvgIpc) is 2.25. The van der Waals surface area contributed by atoms with Crippen LogP contribution in [-0.2, 0) is 4.79 Å². The molecule has 1 N–H and O–H groups in total. The van der Waals surface area contributed by atoms with Gasteiger partial charge >= 0.3 is 0 Å². The fourth-order valence-corrected chi connectivity index (χ4v) is 3.08. The molecule has 1 atom stereocenters. The van der Waals surface area contributed by atoms with Crippen molar-refractivity contribution in [2.45, 2.75) is 45.6 Å². The fraction of sp³-hybridized carbons (Fsp3) is 0.533. The molecule has 0 bridgehead atoms. The molecular weight excluding hydrogens is 226 g/mol. The normalized spacial score (nSPS) is 21.6. The van der Waals surface area contributed by atoms with Crippen molar-refractivity contribution in [2.75, 3.05) is 11.5 Å². The van der Waals surface area contributed by atoms with Gasteiger partial charge in [0, 0.05) is 24.1 Å². The Bertz CT molecular complexity index is 479. The van der Waals surface area contributed by atoms with Gasteiger partial charge in [-0.15, -0.1) is 0 Å². The summed E-state index contributed by atoms with van der Waals surface area (Å²) in [7, 11) is 0. The Balaban J connectivity index is 2.62. The number of fused-ring (bicyclic) bond motifs is 1. The third kappa shape index (κ3) is 2.03. The van der Waals surface area contributed by atoms with Crippen molar-refractivity contribution < 1.29 is 9.90 Å². The smallest absolute Gasteiger partial charge is 0.224 e. The summed E-state index contributed by atoms with van der Waals surface area (Å²) in [5.41, 5.74) is 2.92. The monoisotopic (exact) mass is 247 g/mol. The van der Waals surface area contributed by atoms with Crippen molar-refractivity contribution in [1.82, 2.24) is 0 Å². The second kappa shape index (κ2) is 4.39. The molecular formula is C15H21NO2. The van der Waals surface area contributed by atoms with Crippen LogP contribution in [0.15, 0.2) is 18.2 Å². The van der Waals surface area contributed by atoms with Gasteiger partial charge in [-0.25, -0.2) is 0 Å². The summed E-state index contributed by atoms with van der Waals surface area (Å²) in [6.45, 7) is 7.87. The first-order valence-electron chi connectivity index (χ1n) is 6.39. The van der Waals surface area contributed by atoms with Gasteiger partial charge in [-0.3, -0.25) is 4.79 Å². The second-order valence-corrected chi connectivity index (χ2v) is 5.81. The predicted molar refractivity (Wildman–Crippen MR) is 72.9 cm³/mol. The summed E-state index contributed by atoms with van der Waals surface area (Å²) in [5, 5.41) is 9.56. The van der Waals surface area contributed by atoms with Crippen molar-refractivity contribution >= 4 is 11.6 Å². The first kappa shape index (κ1) is 13.1. The number of hydrogen-bond acceptors (Lipinski definition) is 2. The van der Waals surface area contributed by atoms with E-state index in [1.54, 1.807) is 6.92 Å². The van der Waals surface area contributed by atoms with Crippen LogP contribution in [-0.4, -0.2) is 23.2 Å². The molecule has 1 aromatic rings. The molecule has 1 unspecified atom stereocenters. The Hall–Kier alpha value is -1.35. The minimum Gasteiger partial charge on any atom is -0.396 e. The van der Waals surface area contributed by atoms with Crippen LogP contribution in [0.4, 0.5) is 5.69 Å². The number of aliphatic hydroxyl groups excluding tert-OH is 1. The maximum atomic E-state index is 11.9. The van der Waals surface area contributed by atoms with E-state index in [0.29, 0.717) is 0 Å². The highest BCUT2D eigenvalue weighted by Crippen LogP contribution is 2.43. The Kier molecular flexibility index (Phi) is 3.20. The summed E-state index contributed by atoms with van der Waals surface area (Å²) < 4.78 is 0. The second-order valence-electron chi connectivity index (χ2n) is 5.81. The molecule has 0 radical (unpaired) electrons. The summed E-state index contributed by atoms with van der Waals surface area (Å²) >= 11 is 0. The zero-order valence-electron chi connectivity index (χ0n) is 11.5. The van der Waals surface area contributed by atoms with E-state index in [2.05, 4.69) is 13.8 Å². The molecule has 0 saturated heterocycles. The van der Waals surface area contributed by atoms with Crippen LogP contribution in [0.2, 0.25) is 0 Å². The van der Waals surface area contributed by atoms with Gasteiger partial charge in [0.05, 0.1) is 6.61 Å². The van der Waals surface area contributed by atoms with Gasteiger partial charge in [0.25, 0.3) is 0 Å². The molecule has 1 aromatic carbocycles. The summed E-state index contributed by atoms with van der Waals surface area (Å²) in [4.78, 5) is 13.8. The molecule has 3 heteroatoms. The first-order valence-corrected chi connectivity index (χ1v) is 6.39. The van der Waals surface area contributed by atoms with E-state index < -0.39 is 0 Å². The molecule has 1 aliphatic rings. The van der Waals surface area contributed by atoms with Crippen LogP contribution >= 0.6 is 0 Å². The van der Waals surface area contributed by atoms with E-state index in [9.17, 15) is 9.90 Å². The standard InChI is InChI=1S/C15H21NO2/c1-10-5-6-13-12(9-17)8-15(3,4)16(11(2)18)14(13)7-10/h5-7,12,17H,8-9H2,1-4H3. The van der Waals surface area contributed by atoms with Gasteiger partial charge in [-0.2, -0.15) is 0 Å². The van der Waals surface area contributed by atoms with Gasteiger partial charge in [0.1, 0.15) is 0 Å². The zero-order valence-corrected chi connectivity index (χ0v) is 11.5. The molecule has 1 amide bonds. The Morgan fingerprint density at radius 1 is 1.50 bits per heavy atom. The van der Waals surface area contributed by atoms with Crippen LogP contribution in [0.5, 0.6) is 0 Å². The van der Waals surface area contributed by atoms with Crippen LogP contribution < -0.4 is 4.90 Å². The van der Waals surface area contributed by atoms with Gasteiger partial charge in [0.15, 0.2) is 0 Å². The molecule has 1 aliphatic heterocycles. The molecule has 18 heavy (non-hydrogen) atoms. The number of anilines is 1. The van der Waals surface area contributed by atoms with Gasteiger partial charge in [-0.05, 0) is 44.4 Å². The highest BCUT2D eigenvalue weighted by atomic mass is 16.3. The number of hydrogen-bond donors (Lipinski definition) is 1. The minimum atomic E-state index is -0.250. The molecule has 1 heterocycles. The predicted octanol–water partition coefficient (Wildman–Crippen LogP) is 2.61. The number of rotatable bonds is 1. The molecule has 0 aliphatic carbocycles. The molecule has 98 valence electrons. The lowest BCUT2D eigenvalue weighted by molar-refractivity contribution is -0.117. The molecule has 0 saturated carbocycles. The van der Waals surface area contributed by atoms with Crippen LogP contribution in [0.25, 0.3) is 0 Å². The number of aliphatic hydroxyl groups is 1. The lowest BCUT2D eigenvalue weighted by Crippen LogP contribution is -2.51. The summed E-state index contributed by atoms with van der Waals surface area (Å²) in [6.07, 6.45) is 0.791. The van der Waals surface area contributed by atoms with Gasteiger partial charge in [-0.1, -0.05) is 12.1 Å². The number of amides is 1. The molecule has 0 aromatic heterocycles. The maximum Gasteiger partial charge on any atom is 0.224 e. The molecule has 0 spiro atoms. The van der Waals surface area contributed by atoms with E-state index in [-0.39, 0.29) is 24.0 Å². The number of nitrogens with zero attached hydrogens (tertiary/aromatic N) is 1. The van der Waals surface area contributed by atoms with Crippen molar-refractivity contribution in [3.05, 3.63) is 29.3 Å². The average molecular weight is 247 g/mol. The van der Waals surface area contributed by atoms with Crippen molar-refractivity contribution in [3.8, 4) is 0 Å². The third-order valence-corrected chi connectivity index (χ3v) is 3.75. The summed E-state index contributed by atoms with van der Waals surface area (Å²) in [6, 6.07) is 6.12. The Morgan fingerprint density at radius 3 is 2.72 bits per heavy atom.